The fourth-order valence-electron chi connectivity index (χ4n) is 4.29. The van der Waals surface area contributed by atoms with Gasteiger partial charge in [0.1, 0.15) is 11.7 Å². The lowest BCUT2D eigenvalue weighted by atomic mass is 9.95. The van der Waals surface area contributed by atoms with Crippen LogP contribution in [0.15, 0.2) is 40.2 Å². The van der Waals surface area contributed by atoms with Crippen LogP contribution >= 0.6 is 0 Å². The van der Waals surface area contributed by atoms with Gasteiger partial charge in [-0.3, -0.25) is 20.2 Å². The van der Waals surface area contributed by atoms with Crippen molar-refractivity contribution in [1.29, 1.82) is 0 Å². The summed E-state index contributed by atoms with van der Waals surface area (Å²) in [5, 5.41) is 6.66. The molecule has 0 saturated heterocycles. The Morgan fingerprint density at radius 2 is 2.25 bits per heavy atom. The molecule has 0 amide bonds. The van der Waals surface area contributed by atoms with E-state index in [9.17, 15) is 4.79 Å². The van der Waals surface area contributed by atoms with Crippen LogP contribution < -0.4 is 10.9 Å². The zero-order valence-corrected chi connectivity index (χ0v) is 16.0. The Hall–Kier alpha value is -2.74. The van der Waals surface area contributed by atoms with Gasteiger partial charge in [0, 0.05) is 24.6 Å². The molecule has 146 valence electrons. The van der Waals surface area contributed by atoms with Gasteiger partial charge in [-0.05, 0) is 38.7 Å². The second-order valence-corrected chi connectivity index (χ2v) is 7.79. The average molecular weight is 379 g/mol. The Bertz CT molecular complexity index is 1030. The number of nitrogens with zero attached hydrogens (tertiary/aromatic N) is 5. The van der Waals surface area contributed by atoms with Crippen LogP contribution in [0.5, 0.6) is 0 Å². The maximum absolute atomic E-state index is 12.5. The third-order valence-corrected chi connectivity index (χ3v) is 5.74. The summed E-state index contributed by atoms with van der Waals surface area (Å²) in [5.74, 6) is 2.53. The number of aliphatic imine (C=N–C) groups is 1. The molecule has 28 heavy (non-hydrogen) atoms. The lowest BCUT2D eigenvalue weighted by Crippen LogP contribution is -2.51. The summed E-state index contributed by atoms with van der Waals surface area (Å²) in [6, 6.07) is 1.97. The van der Waals surface area contributed by atoms with E-state index >= 15 is 0 Å². The van der Waals surface area contributed by atoms with Crippen molar-refractivity contribution in [3.05, 3.63) is 52.2 Å². The maximum atomic E-state index is 12.5. The summed E-state index contributed by atoms with van der Waals surface area (Å²) in [6.07, 6.45) is 13.0. The highest BCUT2D eigenvalue weighted by Gasteiger charge is 2.31. The lowest BCUT2D eigenvalue weighted by molar-refractivity contribution is 0.227. The Morgan fingerprint density at radius 3 is 3.11 bits per heavy atom. The van der Waals surface area contributed by atoms with E-state index < -0.39 is 0 Å². The molecule has 2 aromatic rings. The first-order valence-corrected chi connectivity index (χ1v) is 10.1. The number of aromatic amines is 1. The summed E-state index contributed by atoms with van der Waals surface area (Å²) in [4.78, 5) is 28.6. The smallest absolute Gasteiger partial charge is 0.274 e. The molecule has 8 heteroatoms. The van der Waals surface area contributed by atoms with Gasteiger partial charge in [0.25, 0.3) is 11.3 Å². The number of nitrogens with one attached hydrogen (secondary N) is 2. The second-order valence-electron chi connectivity index (χ2n) is 7.79. The predicted molar refractivity (Wildman–Crippen MR) is 107 cm³/mol. The van der Waals surface area contributed by atoms with Crippen molar-refractivity contribution in [3.63, 3.8) is 0 Å². The quantitative estimate of drug-likeness (QED) is 0.790. The highest BCUT2D eigenvalue weighted by Crippen LogP contribution is 2.25. The molecule has 8 nitrogen and oxygen atoms in total. The van der Waals surface area contributed by atoms with Crippen LogP contribution in [-0.2, 0) is 6.54 Å². The molecule has 2 N–H and O–H groups in total. The van der Waals surface area contributed by atoms with Crippen molar-refractivity contribution in [2.24, 2.45) is 4.99 Å². The monoisotopic (exact) mass is 379 g/mol. The Balaban J connectivity index is 1.35. The van der Waals surface area contributed by atoms with Crippen LogP contribution in [0, 0.1) is 0 Å². The molecule has 0 saturated carbocycles. The SMILES string of the molecule is CC1CN=C2C=CCC(NCc3cc(=O)n4[nH]c(C5C=CCCC5)nc4n3)N21. The van der Waals surface area contributed by atoms with Crippen LogP contribution in [0.1, 0.15) is 50.0 Å². The Kier molecular flexibility index (Phi) is 4.35. The molecule has 0 fully saturated rings. The summed E-state index contributed by atoms with van der Waals surface area (Å²) >= 11 is 0. The minimum atomic E-state index is -0.124. The van der Waals surface area contributed by atoms with Gasteiger partial charge in [-0.15, -0.1) is 0 Å². The van der Waals surface area contributed by atoms with Crippen LogP contribution in [0.4, 0.5) is 0 Å². The van der Waals surface area contributed by atoms with Crippen molar-refractivity contribution in [2.45, 2.75) is 57.3 Å². The number of hydrogen-bond acceptors (Lipinski definition) is 6. The van der Waals surface area contributed by atoms with E-state index in [-0.39, 0.29) is 17.6 Å². The summed E-state index contributed by atoms with van der Waals surface area (Å²) in [5.41, 5.74) is 0.586. The summed E-state index contributed by atoms with van der Waals surface area (Å²) in [7, 11) is 0. The van der Waals surface area contributed by atoms with Gasteiger partial charge in [0.05, 0.1) is 18.4 Å². The molecule has 0 aromatic carbocycles. The number of fused-ring (bicyclic) bond motifs is 2. The lowest BCUT2D eigenvalue weighted by Gasteiger charge is -2.36. The van der Waals surface area contributed by atoms with Crippen molar-refractivity contribution in [1.82, 2.24) is 29.8 Å². The predicted octanol–water partition coefficient (Wildman–Crippen LogP) is 1.72. The zero-order chi connectivity index (χ0) is 19.1. The van der Waals surface area contributed by atoms with E-state index in [0.717, 1.165) is 43.9 Å². The number of aromatic nitrogens is 4. The number of rotatable bonds is 4. The topological polar surface area (TPSA) is 90.7 Å². The van der Waals surface area contributed by atoms with E-state index in [2.05, 4.69) is 61.5 Å². The average Bonchev–Trinajstić information content (AvgIpc) is 3.32. The molecule has 2 aromatic heterocycles. The van der Waals surface area contributed by atoms with Gasteiger partial charge in [-0.25, -0.2) is 4.98 Å². The molecule has 3 unspecified atom stereocenters. The van der Waals surface area contributed by atoms with E-state index in [0.29, 0.717) is 24.1 Å². The van der Waals surface area contributed by atoms with Gasteiger partial charge < -0.3 is 4.90 Å². The third kappa shape index (κ3) is 3.07. The first kappa shape index (κ1) is 17.4. The Morgan fingerprint density at radius 1 is 1.32 bits per heavy atom. The van der Waals surface area contributed by atoms with Gasteiger partial charge in [-0.1, -0.05) is 18.2 Å². The molecule has 5 rings (SSSR count). The minimum absolute atomic E-state index is 0.124. The molecule has 4 heterocycles. The highest BCUT2D eigenvalue weighted by molar-refractivity contribution is 5.95. The zero-order valence-electron chi connectivity index (χ0n) is 16.0. The van der Waals surface area contributed by atoms with Crippen molar-refractivity contribution >= 4 is 11.6 Å². The molecule has 0 bridgehead atoms. The molecule has 3 atom stereocenters. The van der Waals surface area contributed by atoms with Crippen LogP contribution in [0.2, 0.25) is 0 Å². The number of allylic oxidation sites excluding steroid dienone is 2. The van der Waals surface area contributed by atoms with E-state index in [4.69, 9.17) is 0 Å². The fourth-order valence-corrected chi connectivity index (χ4v) is 4.29. The molecular weight excluding hydrogens is 354 g/mol. The van der Waals surface area contributed by atoms with Gasteiger partial charge in [0.15, 0.2) is 0 Å². The van der Waals surface area contributed by atoms with Gasteiger partial charge in [-0.2, -0.15) is 9.50 Å². The van der Waals surface area contributed by atoms with Crippen LogP contribution in [-0.4, -0.2) is 49.1 Å². The first-order chi connectivity index (χ1) is 13.7. The maximum Gasteiger partial charge on any atom is 0.274 e. The molecule has 1 aliphatic carbocycles. The molecule has 0 radical (unpaired) electrons. The minimum Gasteiger partial charge on any atom is -0.337 e. The van der Waals surface area contributed by atoms with Crippen molar-refractivity contribution in [3.8, 4) is 0 Å². The summed E-state index contributed by atoms with van der Waals surface area (Å²) in [6.45, 7) is 3.54. The molecule has 0 spiro atoms. The van der Waals surface area contributed by atoms with E-state index in [1.165, 1.54) is 4.52 Å². The first-order valence-electron chi connectivity index (χ1n) is 10.1. The fraction of sp³-hybridized carbons (Fsp3) is 0.500. The van der Waals surface area contributed by atoms with Crippen molar-refractivity contribution in [2.75, 3.05) is 6.54 Å². The van der Waals surface area contributed by atoms with E-state index in [1.807, 2.05) is 0 Å². The largest absolute Gasteiger partial charge is 0.337 e. The normalized spacial score (nSPS) is 26.7. The number of H-pyrrole nitrogens is 1. The second kappa shape index (κ2) is 7.01. The van der Waals surface area contributed by atoms with Gasteiger partial charge >= 0.3 is 0 Å². The van der Waals surface area contributed by atoms with Crippen LogP contribution in [0.25, 0.3) is 5.78 Å². The van der Waals surface area contributed by atoms with Gasteiger partial charge in [0.2, 0.25) is 0 Å². The number of amidine groups is 1. The Labute approximate surface area is 163 Å². The van der Waals surface area contributed by atoms with Crippen molar-refractivity contribution < 1.29 is 0 Å². The standard InChI is InChI=1S/C20H25N7O/c1-13-11-21-16-8-5-9-17(26(13)16)22-12-15-10-18(28)27-20(23-15)24-19(25-27)14-6-3-2-4-7-14/h3,5-6,8,10,13-14,17,22H,2,4,7,9,11-12H2,1H3,(H,23,24,25). The molecule has 2 aliphatic heterocycles. The third-order valence-electron chi connectivity index (χ3n) is 5.74. The summed E-state index contributed by atoms with van der Waals surface area (Å²) < 4.78 is 1.44. The molecular formula is C20H25N7O. The van der Waals surface area contributed by atoms with E-state index in [1.54, 1.807) is 6.07 Å². The molecule has 3 aliphatic rings. The van der Waals surface area contributed by atoms with Crippen LogP contribution in [0.3, 0.4) is 0 Å². The number of hydrogen-bond donors (Lipinski definition) is 2. The highest BCUT2D eigenvalue weighted by atomic mass is 16.1.